The number of amides is 2. The van der Waals surface area contributed by atoms with Crippen molar-refractivity contribution in [3.63, 3.8) is 0 Å². The number of ether oxygens (including phenoxy) is 2. The number of nitrogens with zero attached hydrogens (tertiary/aromatic N) is 2. The van der Waals surface area contributed by atoms with Gasteiger partial charge in [-0.3, -0.25) is 9.69 Å². The van der Waals surface area contributed by atoms with Crippen LogP contribution in [0.3, 0.4) is 0 Å². The normalized spacial score (nSPS) is 21.9. The Kier molecular flexibility index (Phi) is 6.29. The number of carbonyl (C=O) groups excluding carboxylic acids is 2. The van der Waals surface area contributed by atoms with Gasteiger partial charge >= 0.3 is 6.09 Å². The second-order valence-electron chi connectivity index (χ2n) is 7.31. The molecule has 2 heterocycles. The summed E-state index contributed by atoms with van der Waals surface area (Å²) in [4.78, 5) is 28.9. The van der Waals surface area contributed by atoms with E-state index in [0.29, 0.717) is 36.9 Å². The zero-order valence-electron chi connectivity index (χ0n) is 16.1. The molecule has 2 amide bonds. The molecule has 0 spiro atoms. The van der Waals surface area contributed by atoms with Gasteiger partial charge in [0.25, 0.3) is 5.91 Å². The van der Waals surface area contributed by atoms with Crippen LogP contribution in [0.4, 0.5) is 4.79 Å². The average Bonchev–Trinajstić information content (AvgIpc) is 3.08. The summed E-state index contributed by atoms with van der Waals surface area (Å²) in [6.07, 6.45) is 2.38. The average molecular weight is 439 g/mol. The minimum Gasteiger partial charge on any atom is -0.496 e. The Balaban J connectivity index is 1.63. The number of rotatable bonds is 5. The van der Waals surface area contributed by atoms with Crippen molar-refractivity contribution >= 4 is 27.9 Å². The fraction of sp³-hybridized carbons (Fsp3) is 0.600. The van der Waals surface area contributed by atoms with E-state index < -0.39 is 0 Å². The lowest BCUT2D eigenvalue weighted by Crippen LogP contribution is -2.51. The van der Waals surface area contributed by atoms with E-state index in [-0.39, 0.29) is 24.1 Å². The second-order valence-corrected chi connectivity index (χ2v) is 8.16. The van der Waals surface area contributed by atoms with Gasteiger partial charge in [0, 0.05) is 24.7 Å². The van der Waals surface area contributed by atoms with Crippen molar-refractivity contribution in [3.05, 3.63) is 28.2 Å². The highest BCUT2D eigenvalue weighted by Gasteiger charge is 2.41. The predicted molar refractivity (Wildman–Crippen MR) is 106 cm³/mol. The van der Waals surface area contributed by atoms with Gasteiger partial charge in [0.2, 0.25) is 0 Å². The quantitative estimate of drug-likeness (QED) is 0.698. The highest BCUT2D eigenvalue weighted by Crippen LogP contribution is 2.30. The summed E-state index contributed by atoms with van der Waals surface area (Å²) < 4.78 is 11.3. The summed E-state index contributed by atoms with van der Waals surface area (Å²) >= 11 is 3.43. The topological polar surface area (TPSA) is 59.1 Å². The molecule has 2 aliphatic rings. The first-order chi connectivity index (χ1) is 13.0. The van der Waals surface area contributed by atoms with Gasteiger partial charge in [-0.2, -0.15) is 0 Å². The molecule has 2 aliphatic heterocycles. The molecule has 7 heteroatoms. The van der Waals surface area contributed by atoms with Crippen LogP contribution in [0.1, 0.15) is 43.5 Å². The van der Waals surface area contributed by atoms with Gasteiger partial charge in [0.15, 0.2) is 0 Å². The number of hydrogen-bond acceptors (Lipinski definition) is 4. The van der Waals surface area contributed by atoms with Crippen molar-refractivity contribution < 1.29 is 19.1 Å². The smallest absolute Gasteiger partial charge is 0.410 e. The highest BCUT2D eigenvalue weighted by atomic mass is 79.9. The Morgan fingerprint density at radius 2 is 2.07 bits per heavy atom. The molecule has 0 unspecified atom stereocenters. The number of piperidine rings is 1. The third-order valence-corrected chi connectivity index (χ3v) is 6.41. The van der Waals surface area contributed by atoms with Crippen LogP contribution in [-0.4, -0.2) is 60.7 Å². The van der Waals surface area contributed by atoms with Crippen molar-refractivity contribution in [2.24, 2.45) is 5.92 Å². The SMILES string of the molecule is CC[C@H](C)[C@@H]1COC(=O)N1C1CCN(C(=O)c2ccc(OC)c(Br)c2)CC1. The molecule has 3 rings (SSSR count). The van der Waals surface area contributed by atoms with Crippen molar-refractivity contribution in [2.45, 2.75) is 45.2 Å². The maximum Gasteiger partial charge on any atom is 0.410 e. The third kappa shape index (κ3) is 4.08. The van der Waals surface area contributed by atoms with Crippen LogP contribution >= 0.6 is 15.9 Å². The molecule has 0 saturated carbocycles. The zero-order valence-corrected chi connectivity index (χ0v) is 17.7. The van der Waals surface area contributed by atoms with E-state index in [4.69, 9.17) is 9.47 Å². The van der Waals surface area contributed by atoms with Crippen molar-refractivity contribution in [3.8, 4) is 5.75 Å². The van der Waals surface area contributed by atoms with Crippen molar-refractivity contribution in [1.29, 1.82) is 0 Å². The molecule has 1 aromatic carbocycles. The molecule has 2 atom stereocenters. The summed E-state index contributed by atoms with van der Waals surface area (Å²) in [5, 5.41) is 0. The van der Waals surface area contributed by atoms with Crippen molar-refractivity contribution in [1.82, 2.24) is 9.80 Å². The van der Waals surface area contributed by atoms with E-state index in [9.17, 15) is 9.59 Å². The number of likely N-dealkylation sites (tertiary alicyclic amines) is 1. The predicted octanol–water partition coefficient (Wildman–Crippen LogP) is 3.93. The summed E-state index contributed by atoms with van der Waals surface area (Å²) in [7, 11) is 1.60. The number of methoxy groups -OCH3 is 1. The van der Waals surface area contributed by atoms with Crippen LogP contribution < -0.4 is 4.74 Å². The Hall–Kier alpha value is -1.76. The number of benzene rings is 1. The van der Waals surface area contributed by atoms with Crippen LogP contribution in [-0.2, 0) is 4.74 Å². The van der Waals surface area contributed by atoms with Crippen molar-refractivity contribution in [2.75, 3.05) is 26.8 Å². The summed E-state index contributed by atoms with van der Waals surface area (Å²) in [6, 6.07) is 5.66. The van der Waals surface area contributed by atoms with E-state index >= 15 is 0 Å². The lowest BCUT2D eigenvalue weighted by molar-refractivity contribution is 0.0615. The molecule has 0 radical (unpaired) electrons. The van der Waals surface area contributed by atoms with Gasteiger partial charge in [0.1, 0.15) is 12.4 Å². The zero-order chi connectivity index (χ0) is 19.6. The lowest BCUT2D eigenvalue weighted by atomic mass is 9.95. The number of carbonyl (C=O) groups is 2. The second kappa shape index (κ2) is 8.50. The Bertz CT molecular complexity index is 703. The standard InChI is InChI=1S/C20H27BrN2O4/c1-4-13(2)17-12-27-20(25)23(17)15-7-9-22(10-8-15)19(24)14-5-6-18(26-3)16(21)11-14/h5-6,11,13,15,17H,4,7-10,12H2,1-3H3/t13-,17-/m0/s1. The molecular weight excluding hydrogens is 412 g/mol. The minimum atomic E-state index is -0.204. The molecule has 6 nitrogen and oxygen atoms in total. The Morgan fingerprint density at radius 1 is 1.37 bits per heavy atom. The van der Waals surface area contributed by atoms with Crippen LogP contribution in [0, 0.1) is 5.92 Å². The number of halogens is 1. The van der Waals surface area contributed by atoms with Gasteiger partial charge < -0.3 is 14.4 Å². The van der Waals surface area contributed by atoms with E-state index in [0.717, 1.165) is 23.7 Å². The molecule has 27 heavy (non-hydrogen) atoms. The third-order valence-electron chi connectivity index (χ3n) is 5.79. The van der Waals surface area contributed by atoms with Gasteiger partial charge in [-0.05, 0) is 52.9 Å². The molecule has 0 bridgehead atoms. The number of cyclic esters (lactones) is 1. The molecule has 0 aliphatic carbocycles. The van der Waals surface area contributed by atoms with E-state index in [1.807, 2.05) is 9.80 Å². The maximum atomic E-state index is 12.8. The molecule has 148 valence electrons. The first-order valence-electron chi connectivity index (χ1n) is 9.54. The van der Waals surface area contributed by atoms with E-state index in [1.165, 1.54) is 0 Å². The molecule has 2 saturated heterocycles. The number of hydrogen-bond donors (Lipinski definition) is 0. The van der Waals surface area contributed by atoms with E-state index in [1.54, 1.807) is 25.3 Å². The minimum absolute atomic E-state index is 0.0132. The molecule has 2 fully saturated rings. The summed E-state index contributed by atoms with van der Waals surface area (Å²) in [5.41, 5.74) is 0.638. The molecule has 0 N–H and O–H groups in total. The van der Waals surface area contributed by atoms with Gasteiger partial charge in [-0.15, -0.1) is 0 Å². The Morgan fingerprint density at radius 3 is 2.67 bits per heavy atom. The largest absolute Gasteiger partial charge is 0.496 e. The fourth-order valence-electron chi connectivity index (χ4n) is 3.91. The van der Waals surface area contributed by atoms with Gasteiger partial charge in [-0.1, -0.05) is 20.3 Å². The monoisotopic (exact) mass is 438 g/mol. The molecule has 0 aromatic heterocycles. The highest BCUT2D eigenvalue weighted by molar-refractivity contribution is 9.10. The van der Waals surface area contributed by atoms with Crippen LogP contribution in [0.5, 0.6) is 5.75 Å². The maximum absolute atomic E-state index is 12.8. The van der Waals surface area contributed by atoms with Crippen LogP contribution in [0.15, 0.2) is 22.7 Å². The van der Waals surface area contributed by atoms with Crippen LogP contribution in [0.2, 0.25) is 0 Å². The van der Waals surface area contributed by atoms with E-state index in [2.05, 4.69) is 29.8 Å². The Labute approximate surface area is 168 Å². The van der Waals surface area contributed by atoms with Gasteiger partial charge in [0.05, 0.1) is 17.6 Å². The summed E-state index contributed by atoms with van der Waals surface area (Å²) in [5.74, 6) is 1.13. The molecular formula is C20H27BrN2O4. The first kappa shape index (κ1) is 20.0. The lowest BCUT2D eigenvalue weighted by Gasteiger charge is -2.39. The first-order valence-corrected chi connectivity index (χ1v) is 10.3. The van der Waals surface area contributed by atoms with Crippen LogP contribution in [0.25, 0.3) is 0 Å². The molecule has 1 aromatic rings. The summed E-state index contributed by atoms with van der Waals surface area (Å²) in [6.45, 7) is 6.07. The fourth-order valence-corrected chi connectivity index (χ4v) is 4.45. The van der Waals surface area contributed by atoms with Gasteiger partial charge in [-0.25, -0.2) is 4.79 Å².